The van der Waals surface area contributed by atoms with Crippen LogP contribution in [0.15, 0.2) is 48.1 Å². The number of benzene rings is 1. The van der Waals surface area contributed by atoms with Crippen LogP contribution in [0.4, 0.5) is 4.79 Å². The maximum atomic E-state index is 12.8. The van der Waals surface area contributed by atoms with Crippen molar-refractivity contribution < 1.29 is 9.53 Å². The Morgan fingerprint density at radius 2 is 2.15 bits per heavy atom. The minimum absolute atomic E-state index is 0.0183. The molecular formula is C23H30N2O2. The van der Waals surface area contributed by atoms with Crippen molar-refractivity contribution in [2.45, 2.75) is 64.5 Å². The van der Waals surface area contributed by atoms with Crippen LogP contribution in [0.5, 0.6) is 0 Å². The molecule has 0 unspecified atom stereocenters. The Kier molecular flexibility index (Phi) is 4.40. The van der Waals surface area contributed by atoms with Crippen molar-refractivity contribution in [3.63, 3.8) is 0 Å². The van der Waals surface area contributed by atoms with Crippen molar-refractivity contribution in [3.05, 3.63) is 48.6 Å². The second-order valence-corrected chi connectivity index (χ2v) is 8.98. The molecule has 3 aliphatic rings. The molecule has 0 radical (unpaired) electrons. The summed E-state index contributed by atoms with van der Waals surface area (Å²) in [5, 5.41) is 6.74. The summed E-state index contributed by atoms with van der Waals surface area (Å²) in [5.74, 6) is 0.837. The number of hydrogen-bond donors (Lipinski definition) is 0. The van der Waals surface area contributed by atoms with E-state index in [4.69, 9.17) is 9.84 Å². The summed E-state index contributed by atoms with van der Waals surface area (Å²) in [6, 6.07) is 10.3. The molecule has 1 amide bonds. The van der Waals surface area contributed by atoms with Gasteiger partial charge in [-0.05, 0) is 48.5 Å². The van der Waals surface area contributed by atoms with Crippen molar-refractivity contribution in [1.29, 1.82) is 0 Å². The molecule has 1 spiro atoms. The number of carbonyl (C=O) groups is 1. The zero-order valence-corrected chi connectivity index (χ0v) is 16.6. The predicted octanol–water partition coefficient (Wildman–Crippen LogP) is 5.20. The van der Waals surface area contributed by atoms with Gasteiger partial charge in [0.25, 0.3) is 0 Å². The van der Waals surface area contributed by atoms with E-state index in [9.17, 15) is 4.79 Å². The van der Waals surface area contributed by atoms with Gasteiger partial charge in [0.2, 0.25) is 0 Å². The molecule has 4 atom stereocenters. The lowest BCUT2D eigenvalue weighted by molar-refractivity contribution is 0.0566. The summed E-state index contributed by atoms with van der Waals surface area (Å²) < 4.78 is 5.81. The zero-order valence-electron chi connectivity index (χ0n) is 16.6. The zero-order chi connectivity index (χ0) is 19.2. The highest BCUT2D eigenvalue weighted by atomic mass is 16.6. The van der Waals surface area contributed by atoms with Gasteiger partial charge < -0.3 is 4.74 Å². The molecule has 1 aromatic rings. The Morgan fingerprint density at radius 1 is 1.41 bits per heavy atom. The average molecular weight is 367 g/mol. The van der Waals surface area contributed by atoms with Gasteiger partial charge in [0.1, 0.15) is 11.6 Å². The van der Waals surface area contributed by atoms with Crippen LogP contribution in [-0.2, 0) is 11.2 Å². The van der Waals surface area contributed by atoms with Crippen LogP contribution in [0.2, 0.25) is 0 Å². The monoisotopic (exact) mass is 366 g/mol. The maximum Gasteiger partial charge on any atom is 0.431 e. The topological polar surface area (TPSA) is 41.9 Å². The van der Waals surface area contributed by atoms with E-state index in [0.717, 1.165) is 37.8 Å². The van der Waals surface area contributed by atoms with E-state index in [1.54, 1.807) is 5.01 Å². The lowest BCUT2D eigenvalue weighted by Crippen LogP contribution is -2.53. The maximum absolute atomic E-state index is 12.8. The standard InChI is InChI=1S/C23H30N2O2/c1-5-9-16(2)19(14-17-10-7-6-8-11-17)24-25-21(26)27-20-15-18-12-13-23(20,25)22(18,3)4/h5-8,10-11,16,18,20H,1,9,12-15H2,2-4H3/b24-19+/t16-,18-,20-,23+/m1/s1. The molecule has 1 aromatic carbocycles. The molecular weight excluding hydrogens is 336 g/mol. The Balaban J connectivity index is 1.72. The van der Waals surface area contributed by atoms with Gasteiger partial charge in [0.15, 0.2) is 0 Å². The smallest absolute Gasteiger partial charge is 0.431 e. The average Bonchev–Trinajstić information content (AvgIpc) is 3.15. The highest BCUT2D eigenvalue weighted by Crippen LogP contribution is 2.65. The van der Waals surface area contributed by atoms with Gasteiger partial charge in [-0.1, -0.05) is 57.2 Å². The first kappa shape index (κ1) is 18.3. The first-order valence-electron chi connectivity index (χ1n) is 10.1. The Hall–Kier alpha value is -2.10. The fourth-order valence-electron chi connectivity index (χ4n) is 5.63. The van der Waals surface area contributed by atoms with E-state index in [1.165, 1.54) is 5.56 Å². The molecule has 144 valence electrons. The number of amides is 1. The molecule has 2 aliphatic carbocycles. The van der Waals surface area contributed by atoms with Gasteiger partial charge in [-0.25, -0.2) is 4.79 Å². The number of rotatable bonds is 6. The number of hydrogen-bond acceptors (Lipinski definition) is 3. The van der Waals surface area contributed by atoms with Crippen LogP contribution in [-0.4, -0.2) is 28.5 Å². The van der Waals surface area contributed by atoms with E-state index in [2.05, 4.69) is 39.5 Å². The van der Waals surface area contributed by atoms with E-state index in [0.29, 0.717) is 5.92 Å². The van der Waals surface area contributed by atoms with Crippen LogP contribution >= 0.6 is 0 Å². The first-order chi connectivity index (χ1) is 12.9. The Bertz CT molecular complexity index is 770. The van der Waals surface area contributed by atoms with Gasteiger partial charge in [0, 0.05) is 12.1 Å². The number of allylic oxidation sites excluding steroid dienone is 1. The quantitative estimate of drug-likeness (QED) is 0.513. The lowest BCUT2D eigenvalue weighted by Gasteiger charge is -2.40. The molecule has 3 fully saturated rings. The number of hydrazone groups is 1. The number of nitrogens with zero attached hydrogens (tertiary/aromatic N) is 2. The molecule has 4 heteroatoms. The summed E-state index contributed by atoms with van der Waals surface area (Å²) in [6.07, 6.45) is 6.34. The molecule has 4 nitrogen and oxygen atoms in total. The van der Waals surface area contributed by atoms with Crippen LogP contribution in [0, 0.1) is 17.3 Å². The number of fused-ring (bicyclic) bond motifs is 1. The summed E-state index contributed by atoms with van der Waals surface area (Å²) in [7, 11) is 0. The fourth-order valence-corrected chi connectivity index (χ4v) is 5.63. The van der Waals surface area contributed by atoms with Crippen molar-refractivity contribution in [3.8, 4) is 0 Å². The fraction of sp³-hybridized carbons (Fsp3) is 0.565. The number of ether oxygens (including phenoxy) is 1. The van der Waals surface area contributed by atoms with Crippen LogP contribution in [0.1, 0.15) is 52.0 Å². The van der Waals surface area contributed by atoms with Crippen molar-refractivity contribution in [2.24, 2.45) is 22.4 Å². The third-order valence-electron chi connectivity index (χ3n) is 7.38. The minimum atomic E-state index is -0.287. The minimum Gasteiger partial charge on any atom is -0.442 e. The van der Waals surface area contributed by atoms with Crippen molar-refractivity contribution >= 4 is 11.8 Å². The molecule has 4 rings (SSSR count). The molecule has 27 heavy (non-hydrogen) atoms. The van der Waals surface area contributed by atoms with Gasteiger partial charge >= 0.3 is 6.09 Å². The SMILES string of the molecule is C=CC[C@@H](C)/C(Cc1ccccc1)=N/N1C(=O)O[C@@H]2C[C@H]3CC[C@@]21C3(C)C. The summed E-state index contributed by atoms with van der Waals surface area (Å²) in [4.78, 5) is 12.8. The van der Waals surface area contributed by atoms with E-state index in [-0.39, 0.29) is 29.1 Å². The Morgan fingerprint density at radius 3 is 2.81 bits per heavy atom. The van der Waals surface area contributed by atoms with Crippen LogP contribution < -0.4 is 0 Å². The molecule has 1 saturated heterocycles. The van der Waals surface area contributed by atoms with Gasteiger partial charge in [-0.15, -0.1) is 6.58 Å². The second kappa shape index (κ2) is 6.50. The predicted molar refractivity (Wildman–Crippen MR) is 108 cm³/mol. The molecule has 2 bridgehead atoms. The summed E-state index contributed by atoms with van der Waals surface area (Å²) >= 11 is 0. The van der Waals surface area contributed by atoms with E-state index < -0.39 is 0 Å². The van der Waals surface area contributed by atoms with Gasteiger partial charge in [-0.3, -0.25) is 0 Å². The number of carbonyl (C=O) groups excluding carboxylic acids is 1. The summed E-state index contributed by atoms with van der Waals surface area (Å²) in [5.41, 5.74) is 1.99. The van der Waals surface area contributed by atoms with Gasteiger partial charge in [-0.2, -0.15) is 10.1 Å². The van der Waals surface area contributed by atoms with Crippen molar-refractivity contribution in [1.82, 2.24) is 5.01 Å². The lowest BCUT2D eigenvalue weighted by atomic mass is 9.75. The highest BCUT2D eigenvalue weighted by molar-refractivity contribution is 5.90. The van der Waals surface area contributed by atoms with Crippen LogP contribution in [0.3, 0.4) is 0 Å². The molecule has 0 N–H and O–H groups in total. The largest absolute Gasteiger partial charge is 0.442 e. The Labute approximate surface area is 162 Å². The molecule has 2 saturated carbocycles. The third-order valence-corrected chi connectivity index (χ3v) is 7.38. The summed E-state index contributed by atoms with van der Waals surface area (Å²) in [6.45, 7) is 10.6. The van der Waals surface area contributed by atoms with E-state index in [1.807, 2.05) is 24.3 Å². The third kappa shape index (κ3) is 2.64. The highest BCUT2D eigenvalue weighted by Gasteiger charge is 2.73. The van der Waals surface area contributed by atoms with Crippen molar-refractivity contribution in [2.75, 3.05) is 0 Å². The van der Waals surface area contributed by atoms with Crippen LogP contribution in [0.25, 0.3) is 0 Å². The first-order valence-corrected chi connectivity index (χ1v) is 10.1. The normalized spacial score (nSPS) is 32.3. The second-order valence-electron chi connectivity index (χ2n) is 8.98. The molecule has 0 aromatic heterocycles. The molecule has 1 heterocycles. The van der Waals surface area contributed by atoms with Gasteiger partial charge in [0.05, 0.1) is 0 Å². The molecule has 1 aliphatic heterocycles. The van der Waals surface area contributed by atoms with E-state index >= 15 is 0 Å².